The van der Waals surface area contributed by atoms with E-state index in [9.17, 15) is 17.6 Å². The topological polar surface area (TPSA) is 111 Å². The number of benzene rings is 2. The number of hydrogen-bond acceptors (Lipinski definition) is 7. The average Bonchev–Trinajstić information content (AvgIpc) is 3.20. The van der Waals surface area contributed by atoms with Crippen molar-refractivity contribution in [1.29, 1.82) is 0 Å². The van der Waals surface area contributed by atoms with Gasteiger partial charge in [0.25, 0.3) is 0 Å². The van der Waals surface area contributed by atoms with Gasteiger partial charge in [-0.1, -0.05) is 17.3 Å². The summed E-state index contributed by atoms with van der Waals surface area (Å²) in [6.07, 6.45) is -0.0492. The Bertz CT molecular complexity index is 1100. The number of rotatable bonds is 8. The lowest BCUT2D eigenvalue weighted by Crippen LogP contribution is -2.23. The summed E-state index contributed by atoms with van der Waals surface area (Å²) in [5.74, 6) is -0.911. The van der Waals surface area contributed by atoms with Crippen molar-refractivity contribution in [2.24, 2.45) is 0 Å². The van der Waals surface area contributed by atoms with Crippen molar-refractivity contribution in [3.8, 4) is 5.75 Å². The maximum absolute atomic E-state index is 12.9. The van der Waals surface area contributed by atoms with Crippen molar-refractivity contribution >= 4 is 15.7 Å². The van der Waals surface area contributed by atoms with Crippen LogP contribution in [0.3, 0.4) is 0 Å². The molecule has 3 rings (SSSR count). The van der Waals surface area contributed by atoms with Crippen LogP contribution in [0.2, 0.25) is 0 Å². The number of nitrogens with zero attached hydrogens (tertiary/aromatic N) is 2. The average molecular weight is 419 g/mol. The molecule has 1 heterocycles. The molecule has 0 saturated carbocycles. The number of aryl methyl sites for hydroxylation is 1. The van der Waals surface area contributed by atoms with Gasteiger partial charge in [-0.2, -0.15) is 4.98 Å². The van der Waals surface area contributed by atoms with Gasteiger partial charge >= 0.3 is 11.8 Å². The first kappa shape index (κ1) is 20.5. The summed E-state index contributed by atoms with van der Waals surface area (Å²) in [4.78, 5) is 16.1. The fourth-order valence-corrected chi connectivity index (χ4v) is 3.71. The first-order valence-electron chi connectivity index (χ1n) is 8.59. The van der Waals surface area contributed by atoms with Gasteiger partial charge in [0.15, 0.2) is 15.7 Å². The molecular formula is C19H18FN3O5S. The zero-order chi connectivity index (χ0) is 20.9. The summed E-state index contributed by atoms with van der Waals surface area (Å²) in [7, 11) is -2.09. The van der Waals surface area contributed by atoms with Crippen molar-refractivity contribution in [1.82, 2.24) is 15.5 Å². The van der Waals surface area contributed by atoms with Crippen LogP contribution < -0.4 is 10.1 Å². The maximum Gasteiger partial charge on any atom is 0.315 e. The molecule has 1 N–H and O–H groups in total. The van der Waals surface area contributed by atoms with Crippen LogP contribution in [0.5, 0.6) is 5.75 Å². The number of nitrogens with one attached hydrogen (secondary N) is 1. The Morgan fingerprint density at radius 1 is 1.21 bits per heavy atom. The fourth-order valence-electron chi connectivity index (χ4n) is 2.47. The van der Waals surface area contributed by atoms with E-state index in [1.54, 1.807) is 25.3 Å². The van der Waals surface area contributed by atoms with Crippen LogP contribution in [0.4, 0.5) is 4.39 Å². The summed E-state index contributed by atoms with van der Waals surface area (Å²) in [5, 5.41) is 6.28. The first-order chi connectivity index (χ1) is 13.9. The molecule has 8 nitrogen and oxygen atoms in total. The van der Waals surface area contributed by atoms with Gasteiger partial charge < -0.3 is 14.6 Å². The van der Waals surface area contributed by atoms with Crippen LogP contribution in [-0.2, 0) is 22.8 Å². The largest absolute Gasteiger partial charge is 0.497 e. The van der Waals surface area contributed by atoms with Crippen LogP contribution in [0.25, 0.3) is 0 Å². The molecule has 0 aliphatic rings. The van der Waals surface area contributed by atoms with Gasteiger partial charge in [-0.25, -0.2) is 12.8 Å². The second-order valence-corrected chi connectivity index (χ2v) is 8.18. The first-order valence-corrected chi connectivity index (χ1v) is 10.2. The van der Waals surface area contributed by atoms with Crippen LogP contribution in [0.15, 0.2) is 57.9 Å². The van der Waals surface area contributed by atoms with E-state index in [0.29, 0.717) is 5.75 Å². The number of halogens is 1. The van der Waals surface area contributed by atoms with Crippen molar-refractivity contribution in [2.75, 3.05) is 12.9 Å². The molecule has 0 atom stereocenters. The molecular weight excluding hydrogens is 401 g/mol. The normalized spacial score (nSPS) is 11.2. The smallest absolute Gasteiger partial charge is 0.315 e. The number of ether oxygens (including phenoxy) is 1. The zero-order valence-electron chi connectivity index (χ0n) is 15.5. The van der Waals surface area contributed by atoms with E-state index in [4.69, 9.17) is 9.26 Å². The zero-order valence-corrected chi connectivity index (χ0v) is 16.3. The maximum atomic E-state index is 12.9. The highest BCUT2D eigenvalue weighted by Crippen LogP contribution is 2.14. The second-order valence-electron chi connectivity index (χ2n) is 6.07. The summed E-state index contributed by atoms with van der Waals surface area (Å²) < 4.78 is 47.5. The molecule has 0 radical (unpaired) electrons. The van der Waals surface area contributed by atoms with Crippen molar-refractivity contribution in [2.45, 2.75) is 17.9 Å². The van der Waals surface area contributed by atoms with Gasteiger partial charge in [-0.15, -0.1) is 0 Å². The van der Waals surface area contributed by atoms with E-state index in [-0.39, 0.29) is 35.3 Å². The Kier molecular flexibility index (Phi) is 6.23. The highest BCUT2D eigenvalue weighted by Gasteiger charge is 2.19. The molecule has 29 heavy (non-hydrogen) atoms. The molecule has 3 aromatic rings. The van der Waals surface area contributed by atoms with E-state index < -0.39 is 21.6 Å². The second kappa shape index (κ2) is 8.82. The third-order valence-electron chi connectivity index (χ3n) is 4.02. The highest BCUT2D eigenvalue weighted by atomic mass is 32.2. The van der Waals surface area contributed by atoms with Crippen LogP contribution in [0.1, 0.15) is 22.1 Å². The standard InChI is InChI=1S/C19H18FN3O5S/c1-27-15-4-2-3-13(11-15)12-21-18(24)19-22-17(23-28-19)9-10-29(25,26)16-7-5-14(20)6-8-16/h2-8,11H,9-10,12H2,1H3,(H,21,24). The molecule has 0 fully saturated rings. The predicted octanol–water partition coefficient (Wildman–Crippen LogP) is 2.16. The molecule has 0 bridgehead atoms. The summed E-state index contributed by atoms with van der Waals surface area (Å²) >= 11 is 0. The molecule has 10 heteroatoms. The molecule has 0 aliphatic carbocycles. The molecule has 1 aromatic heterocycles. The lowest BCUT2D eigenvalue weighted by Gasteiger charge is -2.04. The SMILES string of the molecule is COc1cccc(CNC(=O)c2nc(CCS(=O)(=O)c3ccc(F)cc3)no2)c1. The third-order valence-corrected chi connectivity index (χ3v) is 5.75. The van der Waals surface area contributed by atoms with Gasteiger partial charge in [-0.3, -0.25) is 4.79 Å². The number of methoxy groups -OCH3 is 1. The van der Waals surface area contributed by atoms with Gasteiger partial charge in [0, 0.05) is 13.0 Å². The van der Waals surface area contributed by atoms with Crippen molar-refractivity contribution in [3.05, 3.63) is 71.6 Å². The lowest BCUT2D eigenvalue weighted by molar-refractivity contribution is 0.0907. The number of carbonyl (C=O) groups is 1. The van der Waals surface area contributed by atoms with Crippen LogP contribution >= 0.6 is 0 Å². The lowest BCUT2D eigenvalue weighted by atomic mass is 10.2. The van der Waals surface area contributed by atoms with E-state index in [2.05, 4.69) is 15.5 Å². The van der Waals surface area contributed by atoms with Crippen molar-refractivity contribution in [3.63, 3.8) is 0 Å². The number of amides is 1. The van der Waals surface area contributed by atoms with Gasteiger partial charge in [0.1, 0.15) is 11.6 Å². The number of hydrogen-bond donors (Lipinski definition) is 1. The van der Waals surface area contributed by atoms with E-state index >= 15 is 0 Å². The Morgan fingerprint density at radius 3 is 2.69 bits per heavy atom. The minimum absolute atomic E-state index is 0.00125. The van der Waals surface area contributed by atoms with Gasteiger partial charge in [0.2, 0.25) is 0 Å². The third kappa shape index (κ3) is 5.38. The Morgan fingerprint density at radius 2 is 1.97 bits per heavy atom. The summed E-state index contributed by atoms with van der Waals surface area (Å²) in [6, 6.07) is 11.7. The summed E-state index contributed by atoms with van der Waals surface area (Å²) in [5.41, 5.74) is 0.822. The van der Waals surface area contributed by atoms with E-state index in [0.717, 1.165) is 17.7 Å². The van der Waals surface area contributed by atoms with Crippen LogP contribution in [0, 0.1) is 5.82 Å². The summed E-state index contributed by atoms with van der Waals surface area (Å²) in [6.45, 7) is 0.229. The molecule has 0 aliphatic heterocycles. The number of aromatic nitrogens is 2. The van der Waals surface area contributed by atoms with Crippen LogP contribution in [-0.4, -0.2) is 37.3 Å². The number of sulfone groups is 1. The Balaban J connectivity index is 1.57. The monoisotopic (exact) mass is 419 g/mol. The number of carbonyl (C=O) groups excluding carboxylic acids is 1. The minimum atomic E-state index is -3.64. The predicted molar refractivity (Wildman–Crippen MR) is 101 cm³/mol. The molecule has 152 valence electrons. The molecule has 2 aromatic carbocycles. The minimum Gasteiger partial charge on any atom is -0.497 e. The van der Waals surface area contributed by atoms with Crippen molar-refractivity contribution < 1.29 is 26.9 Å². The van der Waals surface area contributed by atoms with E-state index in [1.165, 1.54) is 12.1 Å². The Hall–Kier alpha value is -3.27. The van der Waals surface area contributed by atoms with E-state index in [1.807, 2.05) is 6.07 Å². The molecule has 1 amide bonds. The molecule has 0 spiro atoms. The Labute approximate surface area is 166 Å². The fraction of sp³-hybridized carbons (Fsp3) is 0.211. The highest BCUT2D eigenvalue weighted by molar-refractivity contribution is 7.91. The van der Waals surface area contributed by atoms with Gasteiger partial charge in [-0.05, 0) is 42.0 Å². The van der Waals surface area contributed by atoms with Gasteiger partial charge in [0.05, 0.1) is 17.8 Å². The molecule has 0 unspecified atom stereocenters. The molecule has 0 saturated heterocycles. The quantitative estimate of drug-likeness (QED) is 0.557.